The van der Waals surface area contributed by atoms with Crippen molar-refractivity contribution in [1.82, 2.24) is 24.8 Å². The van der Waals surface area contributed by atoms with Crippen LogP contribution in [0.2, 0.25) is 0 Å². The van der Waals surface area contributed by atoms with Gasteiger partial charge in [-0.15, -0.1) is 0 Å². The molecule has 13 nitrogen and oxygen atoms in total. The van der Waals surface area contributed by atoms with Crippen LogP contribution in [-0.4, -0.2) is 121 Å². The van der Waals surface area contributed by atoms with Gasteiger partial charge in [-0.25, -0.2) is 4.79 Å². The number of rotatable bonds is 8. The molecule has 0 spiro atoms. The number of piperazine rings is 1. The highest BCUT2D eigenvalue weighted by Gasteiger charge is 2.27. The van der Waals surface area contributed by atoms with Crippen molar-refractivity contribution >= 4 is 35.2 Å². The molecule has 3 aromatic rings. The quantitative estimate of drug-likeness (QED) is 0.366. The molecule has 0 unspecified atom stereocenters. The number of urea groups is 1. The number of hydrogen-bond acceptors (Lipinski definition) is 10. The number of nitrogens with one attached hydrogen (secondary N) is 2. The van der Waals surface area contributed by atoms with Crippen molar-refractivity contribution in [2.24, 2.45) is 5.92 Å². The first-order valence-electron chi connectivity index (χ1n) is 17.0. The van der Waals surface area contributed by atoms with Crippen molar-refractivity contribution in [1.29, 1.82) is 0 Å². The van der Waals surface area contributed by atoms with Crippen LogP contribution in [0.15, 0.2) is 48.5 Å². The van der Waals surface area contributed by atoms with Gasteiger partial charge in [-0.1, -0.05) is 13.8 Å². The summed E-state index contributed by atoms with van der Waals surface area (Å²) in [6.07, 6.45) is 0. The van der Waals surface area contributed by atoms with Crippen LogP contribution in [0.25, 0.3) is 11.4 Å². The lowest BCUT2D eigenvalue weighted by Crippen LogP contribution is -2.49. The van der Waals surface area contributed by atoms with Crippen molar-refractivity contribution in [2.75, 3.05) is 92.7 Å². The number of anilines is 4. The maximum Gasteiger partial charge on any atom is 0.323 e. The Morgan fingerprint density at radius 1 is 0.750 bits per heavy atom. The molecule has 0 radical (unpaired) electrons. The van der Waals surface area contributed by atoms with Gasteiger partial charge in [-0.2, -0.15) is 15.0 Å². The first-order valence-corrected chi connectivity index (χ1v) is 17.0. The van der Waals surface area contributed by atoms with Crippen molar-refractivity contribution in [3.8, 4) is 11.4 Å². The van der Waals surface area contributed by atoms with Crippen LogP contribution in [0.1, 0.15) is 38.1 Å². The van der Waals surface area contributed by atoms with E-state index in [1.807, 2.05) is 29.2 Å². The van der Waals surface area contributed by atoms with Crippen molar-refractivity contribution in [2.45, 2.75) is 39.8 Å². The van der Waals surface area contributed by atoms with E-state index in [-0.39, 0.29) is 24.0 Å². The van der Waals surface area contributed by atoms with Gasteiger partial charge in [0.05, 0.1) is 38.5 Å². The number of aromatic nitrogens is 3. The second kappa shape index (κ2) is 15.3. The molecule has 0 aliphatic carbocycles. The Hall–Kier alpha value is -4.33. The van der Waals surface area contributed by atoms with E-state index in [4.69, 9.17) is 24.4 Å². The maximum absolute atomic E-state index is 13.0. The Balaban J connectivity index is 1.08. The van der Waals surface area contributed by atoms with Gasteiger partial charge in [0.25, 0.3) is 5.91 Å². The molecule has 1 aromatic heterocycles. The average Bonchev–Trinajstić information content (AvgIpc) is 3.09. The molecule has 13 heteroatoms. The summed E-state index contributed by atoms with van der Waals surface area (Å²) in [5, 5.41) is 5.74. The third kappa shape index (κ3) is 8.20. The van der Waals surface area contributed by atoms with Gasteiger partial charge in [0.1, 0.15) is 0 Å². The van der Waals surface area contributed by atoms with Gasteiger partial charge >= 0.3 is 6.03 Å². The predicted molar refractivity (Wildman–Crippen MR) is 187 cm³/mol. The fraction of sp³-hybridized carbons (Fsp3) is 0.514. The van der Waals surface area contributed by atoms with E-state index in [0.29, 0.717) is 80.1 Å². The van der Waals surface area contributed by atoms with Crippen LogP contribution >= 0.6 is 0 Å². The molecule has 3 amide bonds. The van der Waals surface area contributed by atoms with E-state index in [1.54, 1.807) is 24.3 Å². The second-order valence-corrected chi connectivity index (χ2v) is 13.2. The Labute approximate surface area is 282 Å². The number of nitrogens with zero attached hydrogens (tertiary/aromatic N) is 7. The van der Waals surface area contributed by atoms with Crippen LogP contribution in [0.3, 0.4) is 0 Å². The Morgan fingerprint density at radius 2 is 1.27 bits per heavy atom. The zero-order valence-corrected chi connectivity index (χ0v) is 28.4. The summed E-state index contributed by atoms with van der Waals surface area (Å²) < 4.78 is 11.3. The van der Waals surface area contributed by atoms with E-state index in [1.165, 1.54) is 0 Å². The summed E-state index contributed by atoms with van der Waals surface area (Å²) in [5.74, 6) is 2.45. The van der Waals surface area contributed by atoms with Crippen LogP contribution < -0.4 is 20.4 Å². The van der Waals surface area contributed by atoms with Crippen LogP contribution in [-0.2, 0) is 9.47 Å². The number of morpholine rings is 2. The summed E-state index contributed by atoms with van der Waals surface area (Å²) >= 11 is 0. The monoisotopic (exact) mass is 657 g/mol. The summed E-state index contributed by atoms with van der Waals surface area (Å²) in [7, 11) is 0. The number of amides is 3. The first-order chi connectivity index (χ1) is 23.2. The minimum atomic E-state index is -0.379. The molecule has 2 aromatic carbocycles. The molecule has 3 saturated heterocycles. The van der Waals surface area contributed by atoms with Gasteiger partial charge in [0.2, 0.25) is 11.9 Å². The minimum Gasteiger partial charge on any atom is -0.377 e. The molecular weight excluding hydrogens is 610 g/mol. The van der Waals surface area contributed by atoms with Crippen LogP contribution in [0.4, 0.5) is 28.1 Å². The molecule has 0 bridgehead atoms. The zero-order chi connectivity index (χ0) is 33.6. The second-order valence-electron chi connectivity index (χ2n) is 13.2. The standard InChI is InChI=1S/C35H47N9O4/c1-24(2)21-41-13-15-42(16-14-41)32(45)28-7-11-30(12-8-28)37-35(46)36-29-9-5-27(6-10-29)31-38-33(43-17-19-47-22-25(43)3)40-34(39-31)44-18-20-48-23-26(44)4/h5-12,24-26H,13-23H2,1-4H3,(H2,36,37,46)/t25-,26-/m0/s1. The van der Waals surface area contributed by atoms with Gasteiger partial charge in [-0.05, 0) is 68.3 Å². The SMILES string of the molecule is CC(C)CN1CCN(C(=O)c2ccc(NC(=O)Nc3ccc(-c4nc(N5CCOC[C@@H]5C)nc(N5CCOC[C@@H]5C)n4)cc3)cc2)CC1. The smallest absolute Gasteiger partial charge is 0.323 e. The fourth-order valence-electron chi connectivity index (χ4n) is 6.31. The van der Waals surface area contributed by atoms with Crippen LogP contribution in [0.5, 0.6) is 0 Å². The highest BCUT2D eigenvalue weighted by Crippen LogP contribution is 2.26. The molecule has 3 fully saturated rings. The molecular formula is C35H47N9O4. The third-order valence-electron chi connectivity index (χ3n) is 8.93. The highest BCUT2D eigenvalue weighted by atomic mass is 16.5. The van der Waals surface area contributed by atoms with E-state index in [9.17, 15) is 9.59 Å². The zero-order valence-electron chi connectivity index (χ0n) is 28.4. The van der Waals surface area contributed by atoms with E-state index < -0.39 is 0 Å². The molecule has 6 rings (SSSR count). The molecule has 0 saturated carbocycles. The Bertz CT molecular complexity index is 1500. The molecule has 2 N–H and O–H groups in total. The fourth-order valence-corrected chi connectivity index (χ4v) is 6.31. The summed E-state index contributed by atoms with van der Waals surface area (Å²) in [5.41, 5.74) is 2.65. The highest BCUT2D eigenvalue weighted by molar-refractivity contribution is 6.00. The average molecular weight is 658 g/mol. The lowest BCUT2D eigenvalue weighted by Gasteiger charge is -2.36. The maximum atomic E-state index is 13.0. The molecule has 48 heavy (non-hydrogen) atoms. The van der Waals surface area contributed by atoms with Crippen molar-refractivity contribution < 1.29 is 19.1 Å². The topological polar surface area (TPSA) is 128 Å². The summed E-state index contributed by atoms with van der Waals surface area (Å²) in [6.45, 7) is 16.8. The molecule has 256 valence electrons. The van der Waals surface area contributed by atoms with Crippen LogP contribution in [0, 0.1) is 5.92 Å². The van der Waals surface area contributed by atoms with E-state index in [0.717, 1.165) is 38.3 Å². The number of benzene rings is 2. The molecule has 2 atom stereocenters. The summed E-state index contributed by atoms with van der Waals surface area (Å²) in [6, 6.07) is 14.4. The number of ether oxygens (including phenoxy) is 2. The van der Waals surface area contributed by atoms with Gasteiger partial charge < -0.3 is 34.8 Å². The third-order valence-corrected chi connectivity index (χ3v) is 8.93. The van der Waals surface area contributed by atoms with Gasteiger partial charge in [0.15, 0.2) is 5.82 Å². The number of hydrogen-bond donors (Lipinski definition) is 2. The Kier molecular flexibility index (Phi) is 10.7. The predicted octanol–water partition coefficient (Wildman–Crippen LogP) is 4.05. The molecule has 3 aliphatic rings. The first kappa shape index (κ1) is 33.6. The van der Waals surface area contributed by atoms with Gasteiger partial charge in [0, 0.05) is 68.3 Å². The number of carbonyl (C=O) groups excluding carboxylic acids is 2. The van der Waals surface area contributed by atoms with Crippen molar-refractivity contribution in [3.05, 3.63) is 54.1 Å². The molecule has 3 aliphatic heterocycles. The van der Waals surface area contributed by atoms with Gasteiger partial charge in [-0.3, -0.25) is 9.69 Å². The molecule has 4 heterocycles. The lowest BCUT2D eigenvalue weighted by atomic mass is 10.1. The van der Waals surface area contributed by atoms with E-state index >= 15 is 0 Å². The normalized spacial score (nSPS) is 20.6. The number of carbonyl (C=O) groups is 2. The Morgan fingerprint density at radius 3 is 1.77 bits per heavy atom. The lowest BCUT2D eigenvalue weighted by molar-refractivity contribution is 0.0624. The summed E-state index contributed by atoms with van der Waals surface area (Å²) in [4.78, 5) is 49.2. The van der Waals surface area contributed by atoms with E-state index in [2.05, 4.69) is 53.0 Å². The van der Waals surface area contributed by atoms with Crippen molar-refractivity contribution in [3.63, 3.8) is 0 Å². The largest absolute Gasteiger partial charge is 0.377 e. The minimum absolute atomic E-state index is 0.0200.